The zero-order valence-electron chi connectivity index (χ0n) is 16.5. The van der Waals surface area contributed by atoms with Crippen LogP contribution in [0.4, 0.5) is 0 Å². The SMILES string of the molecule is C=CCn1c(C)cc(C(=O)COC(=O)CC(C)NC(=O)c2ccccc2)c1C. The lowest BCUT2D eigenvalue weighted by molar-refractivity contribution is -0.142. The van der Waals surface area contributed by atoms with Crippen molar-refractivity contribution in [3.05, 3.63) is 71.6 Å². The molecule has 2 aromatic rings. The van der Waals surface area contributed by atoms with Crippen molar-refractivity contribution in [1.82, 2.24) is 9.88 Å². The highest BCUT2D eigenvalue weighted by atomic mass is 16.5. The fraction of sp³-hybridized carbons (Fsp3) is 0.318. The van der Waals surface area contributed by atoms with Gasteiger partial charge in [-0.15, -0.1) is 6.58 Å². The molecule has 1 aromatic carbocycles. The summed E-state index contributed by atoms with van der Waals surface area (Å²) >= 11 is 0. The first-order valence-corrected chi connectivity index (χ1v) is 9.15. The number of benzene rings is 1. The van der Waals surface area contributed by atoms with E-state index >= 15 is 0 Å². The fourth-order valence-electron chi connectivity index (χ4n) is 2.97. The lowest BCUT2D eigenvalue weighted by Crippen LogP contribution is -2.34. The number of esters is 1. The molecule has 1 heterocycles. The van der Waals surface area contributed by atoms with E-state index in [9.17, 15) is 14.4 Å². The van der Waals surface area contributed by atoms with Crippen LogP contribution < -0.4 is 5.32 Å². The fourth-order valence-corrected chi connectivity index (χ4v) is 2.97. The van der Waals surface area contributed by atoms with Gasteiger partial charge in [0.1, 0.15) is 0 Å². The molecule has 0 spiro atoms. The number of nitrogens with zero attached hydrogens (tertiary/aromatic N) is 1. The Hall–Kier alpha value is -3.15. The second-order valence-corrected chi connectivity index (χ2v) is 6.71. The predicted molar refractivity (Wildman–Crippen MR) is 107 cm³/mol. The number of carbonyl (C=O) groups is 3. The van der Waals surface area contributed by atoms with E-state index in [-0.39, 0.29) is 24.7 Å². The number of amides is 1. The molecule has 1 unspecified atom stereocenters. The van der Waals surface area contributed by atoms with Crippen LogP contribution in [0.15, 0.2) is 49.1 Å². The van der Waals surface area contributed by atoms with Crippen molar-refractivity contribution in [2.24, 2.45) is 0 Å². The van der Waals surface area contributed by atoms with E-state index in [1.165, 1.54) is 0 Å². The topological polar surface area (TPSA) is 77.4 Å². The summed E-state index contributed by atoms with van der Waals surface area (Å²) < 4.78 is 7.09. The van der Waals surface area contributed by atoms with Gasteiger partial charge in [0.2, 0.25) is 5.78 Å². The minimum Gasteiger partial charge on any atom is -0.457 e. The number of aromatic nitrogens is 1. The van der Waals surface area contributed by atoms with E-state index in [0.29, 0.717) is 17.7 Å². The number of aryl methyl sites for hydroxylation is 1. The first-order chi connectivity index (χ1) is 13.3. The number of nitrogens with one attached hydrogen (secondary N) is 1. The van der Waals surface area contributed by atoms with Crippen LogP contribution in [0.1, 0.15) is 45.4 Å². The minimum atomic E-state index is -0.533. The molecule has 0 radical (unpaired) electrons. The first kappa shape index (κ1) is 21.2. The Labute approximate surface area is 165 Å². The van der Waals surface area contributed by atoms with Crippen LogP contribution >= 0.6 is 0 Å². The molecule has 6 nitrogen and oxygen atoms in total. The van der Waals surface area contributed by atoms with Crippen LogP contribution in [0.25, 0.3) is 0 Å². The van der Waals surface area contributed by atoms with Gasteiger partial charge in [0.15, 0.2) is 6.61 Å². The molecule has 0 saturated heterocycles. The summed E-state index contributed by atoms with van der Waals surface area (Å²) in [7, 11) is 0. The van der Waals surface area contributed by atoms with Crippen LogP contribution in [0.3, 0.4) is 0 Å². The molecule has 6 heteroatoms. The van der Waals surface area contributed by atoms with Crippen molar-refractivity contribution in [2.75, 3.05) is 6.61 Å². The van der Waals surface area contributed by atoms with E-state index in [1.807, 2.05) is 24.5 Å². The van der Waals surface area contributed by atoms with Crippen LogP contribution in [-0.4, -0.2) is 34.9 Å². The maximum Gasteiger partial charge on any atom is 0.308 e. The lowest BCUT2D eigenvalue weighted by atomic mass is 10.1. The van der Waals surface area contributed by atoms with Gasteiger partial charge >= 0.3 is 5.97 Å². The molecule has 0 aliphatic carbocycles. The summed E-state index contributed by atoms with van der Waals surface area (Å²) in [5.74, 6) is -1.04. The number of allylic oxidation sites excluding steroid dienone is 1. The molecule has 1 N–H and O–H groups in total. The average Bonchev–Trinajstić information content (AvgIpc) is 2.95. The first-order valence-electron chi connectivity index (χ1n) is 9.15. The number of hydrogen-bond donors (Lipinski definition) is 1. The number of rotatable bonds is 9. The number of Topliss-reactive ketones (excluding diaryl/α,β-unsaturated/α-hetero) is 1. The third-order valence-electron chi connectivity index (χ3n) is 4.44. The van der Waals surface area contributed by atoms with Crippen LogP contribution in [0.5, 0.6) is 0 Å². The van der Waals surface area contributed by atoms with E-state index in [2.05, 4.69) is 11.9 Å². The summed E-state index contributed by atoms with van der Waals surface area (Å²) in [5.41, 5.74) is 2.83. The molecule has 2 rings (SSSR count). The Kier molecular flexibility index (Phi) is 7.32. The lowest BCUT2D eigenvalue weighted by Gasteiger charge is -2.13. The van der Waals surface area contributed by atoms with Crippen LogP contribution in [0, 0.1) is 13.8 Å². The molecular weight excluding hydrogens is 356 g/mol. The van der Waals surface area contributed by atoms with E-state index in [0.717, 1.165) is 11.4 Å². The number of ketones is 1. The summed E-state index contributed by atoms with van der Waals surface area (Å²) in [4.78, 5) is 36.5. The molecule has 1 aromatic heterocycles. The van der Waals surface area contributed by atoms with Gasteiger partial charge in [-0.3, -0.25) is 14.4 Å². The van der Waals surface area contributed by atoms with Gasteiger partial charge in [0, 0.05) is 35.1 Å². The molecule has 1 atom stereocenters. The monoisotopic (exact) mass is 382 g/mol. The van der Waals surface area contributed by atoms with E-state index in [1.54, 1.807) is 43.3 Å². The second-order valence-electron chi connectivity index (χ2n) is 6.71. The molecule has 0 saturated carbocycles. The van der Waals surface area contributed by atoms with E-state index in [4.69, 9.17) is 4.74 Å². The Morgan fingerprint density at radius 3 is 2.54 bits per heavy atom. The Morgan fingerprint density at radius 2 is 1.89 bits per heavy atom. The van der Waals surface area contributed by atoms with Gasteiger partial charge in [0.05, 0.1) is 6.42 Å². The number of ether oxygens (including phenoxy) is 1. The van der Waals surface area contributed by atoms with Gasteiger partial charge in [0.25, 0.3) is 5.91 Å². The van der Waals surface area contributed by atoms with E-state index < -0.39 is 12.0 Å². The van der Waals surface area contributed by atoms with Crippen molar-refractivity contribution in [1.29, 1.82) is 0 Å². The highest BCUT2D eigenvalue weighted by Gasteiger charge is 2.18. The normalized spacial score (nSPS) is 11.5. The van der Waals surface area contributed by atoms with Crippen molar-refractivity contribution >= 4 is 17.7 Å². The predicted octanol–water partition coefficient (Wildman–Crippen LogP) is 3.23. The smallest absolute Gasteiger partial charge is 0.308 e. The van der Waals surface area contributed by atoms with Crippen molar-refractivity contribution in [3.8, 4) is 0 Å². The Balaban J connectivity index is 1.85. The van der Waals surface area contributed by atoms with Gasteiger partial charge in [-0.05, 0) is 39.0 Å². The third kappa shape index (κ3) is 5.42. The van der Waals surface area contributed by atoms with Gasteiger partial charge in [-0.1, -0.05) is 24.3 Å². The largest absolute Gasteiger partial charge is 0.457 e. The quantitative estimate of drug-likeness (QED) is 0.410. The number of carbonyl (C=O) groups excluding carboxylic acids is 3. The maximum absolute atomic E-state index is 12.4. The Morgan fingerprint density at radius 1 is 1.21 bits per heavy atom. The zero-order chi connectivity index (χ0) is 20.7. The maximum atomic E-state index is 12.4. The van der Waals surface area contributed by atoms with Gasteiger partial charge in [-0.25, -0.2) is 0 Å². The standard InChI is InChI=1S/C22H26N2O4/c1-5-11-24-16(3)13-19(17(24)4)20(25)14-28-21(26)12-15(2)23-22(27)18-9-7-6-8-10-18/h5-10,13,15H,1,11-12,14H2,2-4H3,(H,23,27). The van der Waals surface area contributed by atoms with Gasteiger partial charge < -0.3 is 14.6 Å². The average molecular weight is 382 g/mol. The summed E-state index contributed by atoms with van der Waals surface area (Å²) in [6.45, 7) is 9.49. The number of hydrogen-bond acceptors (Lipinski definition) is 4. The molecule has 0 aliphatic heterocycles. The Bertz CT molecular complexity index is 868. The molecular formula is C22H26N2O4. The van der Waals surface area contributed by atoms with Crippen molar-refractivity contribution in [3.63, 3.8) is 0 Å². The minimum absolute atomic E-state index is 0.0126. The third-order valence-corrected chi connectivity index (χ3v) is 4.44. The molecule has 0 fully saturated rings. The zero-order valence-corrected chi connectivity index (χ0v) is 16.5. The highest BCUT2D eigenvalue weighted by Crippen LogP contribution is 2.16. The summed E-state index contributed by atoms with van der Waals surface area (Å²) in [6.07, 6.45) is 1.75. The molecule has 28 heavy (non-hydrogen) atoms. The molecule has 0 aliphatic rings. The van der Waals surface area contributed by atoms with Crippen LogP contribution in [-0.2, 0) is 16.1 Å². The van der Waals surface area contributed by atoms with Gasteiger partial charge in [-0.2, -0.15) is 0 Å². The second kappa shape index (κ2) is 9.69. The van der Waals surface area contributed by atoms with Crippen LogP contribution in [0.2, 0.25) is 0 Å². The summed E-state index contributed by atoms with van der Waals surface area (Å²) in [5, 5.41) is 2.74. The summed E-state index contributed by atoms with van der Waals surface area (Å²) in [6, 6.07) is 10.1. The van der Waals surface area contributed by atoms with Crippen molar-refractivity contribution in [2.45, 2.75) is 39.8 Å². The highest BCUT2D eigenvalue weighted by molar-refractivity contribution is 5.99. The van der Waals surface area contributed by atoms with Crippen molar-refractivity contribution < 1.29 is 19.1 Å². The molecule has 148 valence electrons. The molecule has 1 amide bonds. The molecule has 0 bridgehead atoms.